The summed E-state index contributed by atoms with van der Waals surface area (Å²) < 4.78 is 1.64. The minimum absolute atomic E-state index is 0.0529. The van der Waals surface area contributed by atoms with E-state index in [0.717, 1.165) is 12.8 Å². The number of amides is 1. The highest BCUT2D eigenvalue weighted by Gasteiger charge is 2.20. The molecule has 0 bridgehead atoms. The number of aryl methyl sites for hydroxylation is 2. The molecule has 2 N–H and O–H groups in total. The molecule has 0 saturated carbocycles. The number of hydrogen-bond donors (Lipinski definition) is 2. The number of imidazole rings is 1. The number of carbonyl (C=O) groups is 2. The lowest BCUT2D eigenvalue weighted by atomic mass is 10.1. The van der Waals surface area contributed by atoms with E-state index in [4.69, 9.17) is 5.11 Å². The SMILES string of the molecule is CCCCC(CC(=O)O)NC(=O)c1c(C)ncn1C. The predicted molar refractivity (Wildman–Crippen MR) is 71.0 cm³/mol. The Bertz CT molecular complexity index is 434. The summed E-state index contributed by atoms with van der Waals surface area (Å²) in [7, 11) is 1.74. The highest BCUT2D eigenvalue weighted by Crippen LogP contribution is 2.09. The molecule has 1 amide bonds. The minimum atomic E-state index is -0.900. The maximum absolute atomic E-state index is 12.1. The fourth-order valence-corrected chi connectivity index (χ4v) is 2.01. The van der Waals surface area contributed by atoms with Crippen LogP contribution in [0.2, 0.25) is 0 Å². The topological polar surface area (TPSA) is 84.2 Å². The number of nitrogens with zero attached hydrogens (tertiary/aromatic N) is 2. The van der Waals surface area contributed by atoms with Crippen LogP contribution in [0, 0.1) is 6.92 Å². The monoisotopic (exact) mass is 267 g/mol. The molecule has 0 radical (unpaired) electrons. The highest BCUT2D eigenvalue weighted by atomic mass is 16.4. The van der Waals surface area contributed by atoms with Gasteiger partial charge in [0.2, 0.25) is 0 Å². The van der Waals surface area contributed by atoms with Gasteiger partial charge in [0.1, 0.15) is 5.69 Å². The molecule has 1 heterocycles. The summed E-state index contributed by atoms with van der Waals surface area (Å²) in [5.41, 5.74) is 1.12. The lowest BCUT2D eigenvalue weighted by molar-refractivity contribution is -0.137. The third kappa shape index (κ3) is 4.39. The molecule has 1 rings (SSSR count). The Morgan fingerprint density at radius 2 is 2.21 bits per heavy atom. The molecule has 1 aromatic rings. The van der Waals surface area contributed by atoms with E-state index in [0.29, 0.717) is 17.8 Å². The van der Waals surface area contributed by atoms with E-state index < -0.39 is 5.97 Å². The van der Waals surface area contributed by atoms with E-state index in [-0.39, 0.29) is 18.4 Å². The lowest BCUT2D eigenvalue weighted by Crippen LogP contribution is -2.37. The van der Waals surface area contributed by atoms with E-state index in [1.165, 1.54) is 0 Å². The minimum Gasteiger partial charge on any atom is -0.481 e. The molecule has 0 aliphatic rings. The van der Waals surface area contributed by atoms with Crippen LogP contribution in [0.25, 0.3) is 0 Å². The smallest absolute Gasteiger partial charge is 0.305 e. The van der Waals surface area contributed by atoms with Gasteiger partial charge in [0.15, 0.2) is 0 Å². The summed E-state index contributed by atoms with van der Waals surface area (Å²) in [5, 5.41) is 11.7. The predicted octanol–water partition coefficient (Wildman–Crippen LogP) is 1.49. The average Bonchev–Trinajstić information content (AvgIpc) is 2.65. The molecule has 0 saturated heterocycles. The number of hydrogen-bond acceptors (Lipinski definition) is 3. The van der Waals surface area contributed by atoms with Gasteiger partial charge < -0.3 is 15.0 Å². The van der Waals surface area contributed by atoms with Crippen molar-refractivity contribution < 1.29 is 14.7 Å². The van der Waals surface area contributed by atoms with Crippen LogP contribution in [-0.4, -0.2) is 32.6 Å². The second-order valence-electron chi connectivity index (χ2n) is 4.70. The van der Waals surface area contributed by atoms with Crippen molar-refractivity contribution in [3.8, 4) is 0 Å². The number of aromatic nitrogens is 2. The average molecular weight is 267 g/mol. The van der Waals surface area contributed by atoms with E-state index in [1.807, 2.05) is 6.92 Å². The number of carbonyl (C=O) groups excluding carboxylic acids is 1. The highest BCUT2D eigenvalue weighted by molar-refractivity contribution is 5.94. The van der Waals surface area contributed by atoms with Gasteiger partial charge in [0.05, 0.1) is 18.4 Å². The summed E-state index contributed by atoms with van der Waals surface area (Å²) in [5.74, 6) is -1.16. The van der Waals surface area contributed by atoms with Crippen LogP contribution in [0.1, 0.15) is 48.8 Å². The quantitative estimate of drug-likeness (QED) is 0.784. The number of rotatable bonds is 7. The Labute approximate surface area is 112 Å². The third-order valence-corrected chi connectivity index (χ3v) is 3.00. The van der Waals surface area contributed by atoms with Crippen LogP contribution in [0.5, 0.6) is 0 Å². The lowest BCUT2D eigenvalue weighted by Gasteiger charge is -2.17. The molecule has 6 heteroatoms. The van der Waals surface area contributed by atoms with E-state index in [9.17, 15) is 9.59 Å². The fraction of sp³-hybridized carbons (Fsp3) is 0.615. The zero-order valence-electron chi connectivity index (χ0n) is 11.6. The van der Waals surface area contributed by atoms with Gasteiger partial charge in [0, 0.05) is 13.1 Å². The Morgan fingerprint density at radius 3 is 2.68 bits per heavy atom. The van der Waals surface area contributed by atoms with E-state index >= 15 is 0 Å². The summed E-state index contributed by atoms with van der Waals surface area (Å²) in [6.07, 6.45) is 4.05. The molecule has 19 heavy (non-hydrogen) atoms. The van der Waals surface area contributed by atoms with E-state index in [2.05, 4.69) is 10.3 Å². The fourth-order valence-electron chi connectivity index (χ4n) is 2.01. The number of nitrogens with one attached hydrogen (secondary N) is 1. The molecule has 0 aliphatic carbocycles. The van der Waals surface area contributed by atoms with Gasteiger partial charge in [-0.15, -0.1) is 0 Å². The van der Waals surface area contributed by atoms with E-state index in [1.54, 1.807) is 24.9 Å². The van der Waals surface area contributed by atoms with Gasteiger partial charge in [-0.1, -0.05) is 19.8 Å². The van der Waals surface area contributed by atoms with Crippen LogP contribution < -0.4 is 5.32 Å². The number of aliphatic carboxylic acids is 1. The van der Waals surface area contributed by atoms with Crippen molar-refractivity contribution in [2.75, 3.05) is 0 Å². The number of carboxylic acid groups (broad SMARTS) is 1. The number of carboxylic acids is 1. The van der Waals surface area contributed by atoms with Crippen LogP contribution in [0.4, 0.5) is 0 Å². The molecule has 1 aromatic heterocycles. The molecule has 1 unspecified atom stereocenters. The normalized spacial score (nSPS) is 12.2. The van der Waals surface area contributed by atoms with Gasteiger partial charge >= 0.3 is 5.97 Å². The van der Waals surface area contributed by atoms with Gasteiger partial charge in [0.25, 0.3) is 5.91 Å². The van der Waals surface area contributed by atoms with Crippen LogP contribution in [0.3, 0.4) is 0 Å². The van der Waals surface area contributed by atoms with Crippen molar-refractivity contribution in [2.24, 2.45) is 7.05 Å². The molecule has 0 spiro atoms. The molecule has 6 nitrogen and oxygen atoms in total. The standard InChI is InChI=1S/C13H21N3O3/c1-4-5-6-10(7-11(17)18)15-13(19)12-9(2)14-8-16(12)3/h8,10H,4-7H2,1-3H3,(H,15,19)(H,17,18). The van der Waals surface area contributed by atoms with Crippen LogP contribution in [-0.2, 0) is 11.8 Å². The Morgan fingerprint density at radius 1 is 1.53 bits per heavy atom. The van der Waals surface area contributed by atoms with Crippen molar-refractivity contribution in [1.29, 1.82) is 0 Å². The largest absolute Gasteiger partial charge is 0.481 e. The first-order valence-corrected chi connectivity index (χ1v) is 6.46. The van der Waals surface area contributed by atoms with Gasteiger partial charge in [-0.2, -0.15) is 0 Å². The van der Waals surface area contributed by atoms with Crippen molar-refractivity contribution in [1.82, 2.24) is 14.9 Å². The van der Waals surface area contributed by atoms with Crippen molar-refractivity contribution in [3.63, 3.8) is 0 Å². The summed E-state index contributed by atoms with van der Waals surface area (Å²) in [6.45, 7) is 3.79. The number of unbranched alkanes of at least 4 members (excludes halogenated alkanes) is 1. The van der Waals surface area contributed by atoms with Crippen molar-refractivity contribution in [3.05, 3.63) is 17.7 Å². The first-order valence-electron chi connectivity index (χ1n) is 6.46. The Hall–Kier alpha value is -1.85. The zero-order valence-corrected chi connectivity index (χ0v) is 11.6. The zero-order chi connectivity index (χ0) is 14.4. The summed E-state index contributed by atoms with van der Waals surface area (Å²) in [6, 6.07) is -0.334. The maximum Gasteiger partial charge on any atom is 0.305 e. The molecule has 0 fully saturated rings. The van der Waals surface area contributed by atoms with Gasteiger partial charge in [-0.3, -0.25) is 9.59 Å². The Balaban J connectivity index is 2.72. The molecule has 1 atom stereocenters. The maximum atomic E-state index is 12.1. The van der Waals surface area contributed by atoms with Gasteiger partial charge in [-0.25, -0.2) is 4.98 Å². The Kier molecular flexibility index (Phi) is 5.54. The van der Waals surface area contributed by atoms with Gasteiger partial charge in [-0.05, 0) is 13.3 Å². The third-order valence-electron chi connectivity index (χ3n) is 3.00. The first-order chi connectivity index (χ1) is 8.95. The second-order valence-corrected chi connectivity index (χ2v) is 4.70. The molecular weight excluding hydrogens is 246 g/mol. The van der Waals surface area contributed by atoms with Crippen LogP contribution in [0.15, 0.2) is 6.33 Å². The summed E-state index contributed by atoms with van der Waals surface area (Å²) >= 11 is 0. The summed E-state index contributed by atoms with van der Waals surface area (Å²) in [4.78, 5) is 27.0. The first kappa shape index (κ1) is 15.2. The molecule has 0 aliphatic heterocycles. The molecule has 0 aromatic carbocycles. The second kappa shape index (κ2) is 6.92. The molecular formula is C13H21N3O3. The van der Waals surface area contributed by atoms with Crippen LogP contribution >= 0.6 is 0 Å². The van der Waals surface area contributed by atoms with Crippen molar-refractivity contribution in [2.45, 2.75) is 45.6 Å². The van der Waals surface area contributed by atoms with Crippen molar-refractivity contribution >= 4 is 11.9 Å². The molecule has 106 valence electrons.